The van der Waals surface area contributed by atoms with Crippen molar-refractivity contribution in [3.8, 4) is 66.8 Å². The first kappa shape index (κ1) is 39.4. The lowest BCUT2D eigenvalue weighted by Gasteiger charge is -2.32. The van der Waals surface area contributed by atoms with Gasteiger partial charge in [0.1, 0.15) is 0 Å². The minimum Gasteiger partial charge on any atom is -0.310 e. The maximum Gasteiger partial charge on any atom is 0.0540 e. The molecule has 0 aromatic heterocycles. The highest BCUT2D eigenvalue weighted by atomic mass is 15.1. The van der Waals surface area contributed by atoms with E-state index in [1.807, 2.05) is 0 Å². The van der Waals surface area contributed by atoms with Gasteiger partial charge in [0.05, 0.1) is 5.69 Å². The zero-order chi connectivity index (χ0) is 44.7. The Kier molecular flexibility index (Phi) is 8.99. The molecule has 0 bridgehead atoms. The van der Waals surface area contributed by atoms with E-state index in [9.17, 15) is 0 Å². The molecule has 0 N–H and O–H groups in total. The van der Waals surface area contributed by atoms with Crippen molar-refractivity contribution in [3.63, 3.8) is 0 Å². The van der Waals surface area contributed by atoms with Gasteiger partial charge < -0.3 is 4.90 Å². The van der Waals surface area contributed by atoms with Crippen LogP contribution in [0.2, 0.25) is 0 Å². The third-order valence-corrected chi connectivity index (χ3v) is 15.3. The van der Waals surface area contributed by atoms with Gasteiger partial charge in [0.25, 0.3) is 0 Å². The van der Waals surface area contributed by atoms with E-state index in [2.05, 4.69) is 255 Å². The molecule has 0 saturated carbocycles. The zero-order valence-electron chi connectivity index (χ0n) is 37.9. The highest BCUT2D eigenvalue weighted by molar-refractivity contribution is 5.95. The number of para-hydroxylation sites is 1. The van der Waals surface area contributed by atoms with E-state index in [0.29, 0.717) is 0 Å². The molecule has 318 valence electrons. The average molecular weight is 856 g/mol. The summed E-state index contributed by atoms with van der Waals surface area (Å²) in [5.74, 6) is 0. The van der Waals surface area contributed by atoms with Crippen molar-refractivity contribution in [2.24, 2.45) is 0 Å². The van der Waals surface area contributed by atoms with Crippen LogP contribution in [0.1, 0.15) is 53.6 Å². The summed E-state index contributed by atoms with van der Waals surface area (Å²) in [5, 5.41) is 0. The second-order valence-electron chi connectivity index (χ2n) is 19.1. The molecule has 13 rings (SSSR count). The molecule has 10 aromatic rings. The molecule has 1 nitrogen and oxygen atoms in total. The highest BCUT2D eigenvalue weighted by Gasteiger charge is 2.48. The van der Waals surface area contributed by atoms with Crippen LogP contribution < -0.4 is 4.90 Å². The summed E-state index contributed by atoms with van der Waals surface area (Å²) in [6.45, 7) is 4.77. The monoisotopic (exact) mass is 855 g/mol. The summed E-state index contributed by atoms with van der Waals surface area (Å²) < 4.78 is 0. The van der Waals surface area contributed by atoms with E-state index in [1.54, 1.807) is 0 Å². The van der Waals surface area contributed by atoms with Crippen molar-refractivity contribution in [1.29, 1.82) is 0 Å². The third kappa shape index (κ3) is 6.01. The number of nitrogens with zero attached hydrogens (tertiary/aromatic N) is 1. The molecule has 3 aliphatic rings. The van der Waals surface area contributed by atoms with Crippen molar-refractivity contribution in [2.45, 2.75) is 37.5 Å². The summed E-state index contributed by atoms with van der Waals surface area (Å²) in [6.07, 6.45) is 2.13. The Morgan fingerprint density at radius 2 is 0.821 bits per heavy atom. The standard InChI is InChI=1S/C66H49N/c1-65(2)60-28-13-9-24-55(60)58-26-16-25-57(64(58)65)53-22-8-7-20-51(53)46-35-37-49(38-36-46)67(63-30-15-11-21-52(63)47-33-31-45(32-34-47)44-17-4-3-5-18-44)50-39-40-56-54-23-10-14-29-61(54)66(62(56)43-50)42-41-48-19-6-12-27-59(48)66/h3-40,43H,41-42H2,1-2H3. The summed E-state index contributed by atoms with van der Waals surface area (Å²) in [7, 11) is 0. The number of benzene rings is 10. The maximum absolute atomic E-state index is 2.52. The molecule has 0 heterocycles. The summed E-state index contributed by atoms with van der Waals surface area (Å²) in [5.41, 5.74) is 26.8. The maximum atomic E-state index is 2.52. The van der Waals surface area contributed by atoms with Crippen molar-refractivity contribution in [2.75, 3.05) is 4.90 Å². The Bertz CT molecular complexity index is 3540. The molecule has 0 aliphatic heterocycles. The number of aryl methyl sites for hydroxylation is 1. The van der Waals surface area contributed by atoms with Crippen molar-refractivity contribution in [1.82, 2.24) is 0 Å². The van der Waals surface area contributed by atoms with Gasteiger partial charge in [-0.05, 0) is 138 Å². The topological polar surface area (TPSA) is 3.24 Å². The lowest BCUT2D eigenvalue weighted by molar-refractivity contribution is 0.626. The van der Waals surface area contributed by atoms with E-state index in [-0.39, 0.29) is 10.8 Å². The number of fused-ring (bicyclic) bond motifs is 10. The molecule has 10 aromatic carbocycles. The zero-order valence-corrected chi connectivity index (χ0v) is 37.9. The van der Waals surface area contributed by atoms with Crippen LogP contribution in [0.4, 0.5) is 17.1 Å². The van der Waals surface area contributed by atoms with Gasteiger partial charge in [-0.2, -0.15) is 0 Å². The van der Waals surface area contributed by atoms with Crippen LogP contribution in [0.15, 0.2) is 237 Å². The minimum atomic E-state index is -0.196. The van der Waals surface area contributed by atoms with Gasteiger partial charge in [-0.25, -0.2) is 0 Å². The van der Waals surface area contributed by atoms with E-state index in [4.69, 9.17) is 0 Å². The summed E-state index contributed by atoms with van der Waals surface area (Å²) >= 11 is 0. The van der Waals surface area contributed by atoms with Crippen molar-refractivity contribution >= 4 is 17.1 Å². The van der Waals surface area contributed by atoms with Gasteiger partial charge in [-0.1, -0.05) is 220 Å². The van der Waals surface area contributed by atoms with Crippen LogP contribution >= 0.6 is 0 Å². The van der Waals surface area contributed by atoms with Crippen LogP contribution in [0.5, 0.6) is 0 Å². The molecule has 67 heavy (non-hydrogen) atoms. The van der Waals surface area contributed by atoms with Crippen LogP contribution in [-0.2, 0) is 17.3 Å². The van der Waals surface area contributed by atoms with Crippen LogP contribution in [0.25, 0.3) is 66.8 Å². The van der Waals surface area contributed by atoms with Crippen molar-refractivity contribution in [3.05, 3.63) is 270 Å². The van der Waals surface area contributed by atoms with Gasteiger partial charge >= 0.3 is 0 Å². The first-order valence-electron chi connectivity index (χ1n) is 23.8. The fraction of sp³-hybridized carbons (Fsp3) is 0.0909. The molecular weight excluding hydrogens is 807 g/mol. The second-order valence-corrected chi connectivity index (χ2v) is 19.1. The molecule has 1 spiro atoms. The highest BCUT2D eigenvalue weighted by Crippen LogP contribution is 2.60. The SMILES string of the molecule is CC1(C)c2ccccc2-c2cccc(-c3ccccc3-c3ccc(N(c4ccc5c(c4)C4(CCc6ccccc64)c4ccccc4-5)c4ccccc4-c4ccc(-c5ccccc5)cc4)cc3)c21. The van der Waals surface area contributed by atoms with E-state index in [0.717, 1.165) is 29.9 Å². The largest absolute Gasteiger partial charge is 0.310 e. The number of hydrogen-bond donors (Lipinski definition) is 0. The van der Waals surface area contributed by atoms with E-state index < -0.39 is 0 Å². The van der Waals surface area contributed by atoms with E-state index >= 15 is 0 Å². The summed E-state index contributed by atoms with van der Waals surface area (Å²) in [4.78, 5) is 2.50. The molecular formula is C66H49N. The number of anilines is 3. The molecule has 1 unspecified atom stereocenters. The molecule has 0 fully saturated rings. The predicted octanol–water partition coefficient (Wildman–Crippen LogP) is 17.4. The lowest BCUT2D eigenvalue weighted by Crippen LogP contribution is -2.24. The normalized spacial score (nSPS) is 15.7. The van der Waals surface area contributed by atoms with E-state index in [1.165, 1.54) is 100 Å². The van der Waals surface area contributed by atoms with Crippen LogP contribution in [0, 0.1) is 0 Å². The number of hydrogen-bond acceptors (Lipinski definition) is 1. The fourth-order valence-electron chi connectivity index (χ4n) is 12.3. The minimum absolute atomic E-state index is 0.119. The molecule has 0 saturated heterocycles. The van der Waals surface area contributed by atoms with Gasteiger partial charge in [-0.3, -0.25) is 0 Å². The molecule has 0 amide bonds. The van der Waals surface area contributed by atoms with Crippen LogP contribution in [0.3, 0.4) is 0 Å². The first-order valence-corrected chi connectivity index (χ1v) is 23.8. The summed E-state index contributed by atoms with van der Waals surface area (Å²) in [6, 6.07) is 88.3. The Morgan fingerprint density at radius 3 is 1.58 bits per heavy atom. The first-order chi connectivity index (χ1) is 33.0. The van der Waals surface area contributed by atoms with Gasteiger partial charge in [0, 0.05) is 27.8 Å². The molecule has 0 radical (unpaired) electrons. The average Bonchev–Trinajstić information content (AvgIpc) is 4.00. The predicted molar refractivity (Wildman–Crippen MR) is 281 cm³/mol. The smallest absolute Gasteiger partial charge is 0.0540 e. The van der Waals surface area contributed by atoms with Crippen LogP contribution in [-0.4, -0.2) is 0 Å². The Balaban J connectivity index is 0.966. The van der Waals surface area contributed by atoms with Gasteiger partial charge in [-0.15, -0.1) is 0 Å². The Hall–Kier alpha value is -8.00. The molecule has 1 heteroatoms. The lowest BCUT2D eigenvalue weighted by atomic mass is 9.73. The fourth-order valence-corrected chi connectivity index (χ4v) is 12.3. The second kappa shape index (κ2) is 15.3. The number of rotatable bonds is 7. The van der Waals surface area contributed by atoms with Crippen molar-refractivity contribution < 1.29 is 0 Å². The molecule has 1 atom stereocenters. The van der Waals surface area contributed by atoms with Gasteiger partial charge in [0.15, 0.2) is 0 Å². The van der Waals surface area contributed by atoms with Gasteiger partial charge in [0.2, 0.25) is 0 Å². The Labute approximate surface area is 394 Å². The quantitative estimate of drug-likeness (QED) is 0.154. The molecule has 3 aliphatic carbocycles. The Morgan fingerprint density at radius 1 is 0.328 bits per heavy atom. The third-order valence-electron chi connectivity index (χ3n) is 15.3.